The molecular weight excluding hydrogens is 463 g/mol. The van der Waals surface area contributed by atoms with Crippen LogP contribution in [0.25, 0.3) is 0 Å². The van der Waals surface area contributed by atoms with E-state index in [1.165, 1.54) is 47.1 Å². The van der Waals surface area contributed by atoms with Gasteiger partial charge in [-0.25, -0.2) is 0 Å². The molecule has 170 valence electrons. The van der Waals surface area contributed by atoms with Crippen LogP contribution in [0.2, 0.25) is 5.02 Å². The normalized spacial score (nSPS) is 14.7. The van der Waals surface area contributed by atoms with E-state index in [-0.39, 0.29) is 6.71 Å². The zero-order valence-electron chi connectivity index (χ0n) is 19.9. The van der Waals surface area contributed by atoms with Gasteiger partial charge in [0.2, 0.25) is 6.71 Å². The van der Waals surface area contributed by atoms with Gasteiger partial charge in [0, 0.05) is 14.8 Å². The van der Waals surface area contributed by atoms with Gasteiger partial charge in [0.15, 0.2) is 0 Å². The topological polar surface area (TPSA) is 0 Å². The molecule has 0 amide bonds. The molecule has 0 fully saturated rings. The van der Waals surface area contributed by atoms with Gasteiger partial charge in [0.1, 0.15) is 0 Å². The average Bonchev–Trinajstić information content (AvgIpc) is 2.89. The van der Waals surface area contributed by atoms with Crippen LogP contribution in [0.1, 0.15) is 11.1 Å². The highest BCUT2D eigenvalue weighted by Gasteiger charge is 2.44. The Labute approximate surface area is 215 Å². The number of hydrogen-bond acceptors (Lipinski definition) is 0. The summed E-state index contributed by atoms with van der Waals surface area (Å²) in [6.45, 7) is 4.55. The average molecular weight is 489 g/mol. The molecular formula is C32H26BClS. The lowest BCUT2D eigenvalue weighted by Crippen LogP contribution is -2.58. The number of halogens is 1. The minimum Gasteiger partial charge on any atom is -0.134 e. The third-order valence-corrected chi connectivity index (χ3v) is 11.4. The maximum atomic E-state index is 6.47. The van der Waals surface area contributed by atoms with E-state index in [0.717, 1.165) is 5.02 Å². The first kappa shape index (κ1) is 22.3. The number of hydrogen-bond donors (Lipinski definition) is 0. The zero-order valence-corrected chi connectivity index (χ0v) is 21.5. The first-order valence-electron chi connectivity index (χ1n) is 12.0. The fourth-order valence-electron chi connectivity index (χ4n) is 5.86. The van der Waals surface area contributed by atoms with Gasteiger partial charge in [-0.2, -0.15) is 0 Å². The molecule has 0 spiro atoms. The predicted octanol–water partition coefficient (Wildman–Crippen LogP) is 7.13. The fraction of sp³-hybridized carbons (Fsp3) is 0.0625. The van der Waals surface area contributed by atoms with Crippen LogP contribution in [0.3, 0.4) is 0 Å². The van der Waals surface area contributed by atoms with E-state index in [1.54, 1.807) is 0 Å². The molecule has 0 N–H and O–H groups in total. The molecule has 0 radical (unpaired) electrons. The molecule has 3 heteroatoms. The summed E-state index contributed by atoms with van der Waals surface area (Å²) in [5.74, 6) is 0. The highest BCUT2D eigenvalue weighted by Crippen LogP contribution is 2.73. The van der Waals surface area contributed by atoms with Crippen LogP contribution in [-0.2, 0) is 0 Å². The lowest BCUT2D eigenvalue weighted by molar-refractivity contribution is 1.25. The molecule has 1 aliphatic heterocycles. The summed E-state index contributed by atoms with van der Waals surface area (Å²) in [5, 5.41) is 0.801. The molecule has 0 saturated carbocycles. The zero-order chi connectivity index (χ0) is 24.0. The summed E-state index contributed by atoms with van der Waals surface area (Å²) in [6, 6.07) is 44.7. The van der Waals surface area contributed by atoms with Gasteiger partial charge in [0.05, 0.1) is 0 Å². The van der Waals surface area contributed by atoms with Crippen LogP contribution in [0, 0.1) is 13.8 Å². The summed E-state index contributed by atoms with van der Waals surface area (Å²) in [4.78, 5) is 5.59. The van der Waals surface area contributed by atoms with Crippen molar-refractivity contribution >= 4 is 44.7 Å². The highest BCUT2D eigenvalue weighted by molar-refractivity contribution is 8.34. The van der Waals surface area contributed by atoms with E-state index in [2.05, 4.69) is 135 Å². The van der Waals surface area contributed by atoms with E-state index < -0.39 is 10.0 Å². The van der Waals surface area contributed by atoms with Gasteiger partial charge in [-0.15, -0.1) is 10.0 Å². The largest absolute Gasteiger partial charge is 0.244 e. The second-order valence-electron chi connectivity index (χ2n) is 9.20. The number of aryl methyl sites for hydroxylation is 2. The molecule has 1 heterocycles. The van der Waals surface area contributed by atoms with E-state index >= 15 is 0 Å². The summed E-state index contributed by atoms with van der Waals surface area (Å²) in [5.41, 5.74) is 6.63. The molecule has 0 nitrogen and oxygen atoms in total. The Hall–Kier alpha value is -3.20. The number of rotatable bonds is 3. The van der Waals surface area contributed by atoms with E-state index in [1.807, 2.05) is 0 Å². The molecule has 0 aromatic heterocycles. The van der Waals surface area contributed by atoms with Crippen LogP contribution in [0.5, 0.6) is 0 Å². The SMILES string of the molecule is Cc1cc(Cl)cc(C)c1B1c2ccccc2S(c2ccccc2)(c2ccccc2)c2ccccc21. The molecule has 0 aliphatic carbocycles. The third kappa shape index (κ3) is 3.39. The summed E-state index contributed by atoms with van der Waals surface area (Å²) in [6.07, 6.45) is 0. The van der Waals surface area contributed by atoms with Gasteiger partial charge in [-0.1, -0.05) is 112 Å². The predicted molar refractivity (Wildman–Crippen MR) is 152 cm³/mol. The van der Waals surface area contributed by atoms with Crippen LogP contribution >= 0.6 is 21.6 Å². The maximum absolute atomic E-state index is 6.47. The minimum atomic E-state index is -1.67. The van der Waals surface area contributed by atoms with Crippen LogP contribution in [0.4, 0.5) is 0 Å². The van der Waals surface area contributed by atoms with Crippen molar-refractivity contribution in [3.63, 3.8) is 0 Å². The van der Waals surface area contributed by atoms with Gasteiger partial charge in [-0.05, 0) is 72.2 Å². The first-order valence-corrected chi connectivity index (χ1v) is 14.0. The quantitative estimate of drug-likeness (QED) is 0.232. The summed E-state index contributed by atoms with van der Waals surface area (Å²) >= 11 is 6.47. The Kier molecular flexibility index (Phi) is 5.59. The third-order valence-electron chi connectivity index (χ3n) is 7.16. The van der Waals surface area contributed by atoms with Crippen LogP contribution in [-0.4, -0.2) is 6.71 Å². The number of benzene rings is 5. The monoisotopic (exact) mass is 488 g/mol. The van der Waals surface area contributed by atoms with E-state index in [0.29, 0.717) is 0 Å². The Bertz CT molecular complexity index is 1420. The van der Waals surface area contributed by atoms with Crippen molar-refractivity contribution in [2.75, 3.05) is 0 Å². The molecule has 35 heavy (non-hydrogen) atoms. The van der Waals surface area contributed by atoms with Crippen molar-refractivity contribution in [1.29, 1.82) is 0 Å². The van der Waals surface area contributed by atoms with Crippen molar-refractivity contribution in [2.24, 2.45) is 0 Å². The smallest absolute Gasteiger partial charge is 0.134 e. The van der Waals surface area contributed by atoms with Gasteiger partial charge >= 0.3 is 0 Å². The Morgan fingerprint density at radius 3 is 1.40 bits per heavy atom. The molecule has 0 saturated heterocycles. The molecule has 1 aliphatic rings. The highest BCUT2D eigenvalue weighted by atomic mass is 35.5. The minimum absolute atomic E-state index is 0.160. The van der Waals surface area contributed by atoms with E-state index in [4.69, 9.17) is 11.6 Å². The van der Waals surface area contributed by atoms with Crippen molar-refractivity contribution < 1.29 is 0 Å². The van der Waals surface area contributed by atoms with Crippen molar-refractivity contribution in [1.82, 2.24) is 0 Å². The lowest BCUT2D eigenvalue weighted by atomic mass is 9.35. The van der Waals surface area contributed by atoms with Crippen LogP contribution < -0.4 is 16.4 Å². The molecule has 6 rings (SSSR count). The van der Waals surface area contributed by atoms with Crippen molar-refractivity contribution in [3.05, 3.63) is 137 Å². The lowest BCUT2D eigenvalue weighted by Gasteiger charge is -2.48. The summed E-state index contributed by atoms with van der Waals surface area (Å²) in [7, 11) is -1.67. The molecule has 0 unspecified atom stereocenters. The fourth-order valence-corrected chi connectivity index (χ4v) is 10.5. The van der Waals surface area contributed by atoms with Crippen molar-refractivity contribution in [3.8, 4) is 0 Å². The Balaban J connectivity index is 1.78. The second kappa shape index (κ2) is 8.79. The maximum Gasteiger partial charge on any atom is 0.244 e. The van der Waals surface area contributed by atoms with Gasteiger partial charge in [-0.3, -0.25) is 0 Å². The Morgan fingerprint density at radius 1 is 0.543 bits per heavy atom. The number of fused-ring (bicyclic) bond motifs is 2. The van der Waals surface area contributed by atoms with Gasteiger partial charge in [0.25, 0.3) is 0 Å². The second-order valence-corrected chi connectivity index (χ2v) is 12.7. The van der Waals surface area contributed by atoms with Gasteiger partial charge < -0.3 is 0 Å². The molecule has 0 atom stereocenters. The molecule has 5 aromatic rings. The van der Waals surface area contributed by atoms with E-state index in [9.17, 15) is 0 Å². The summed E-state index contributed by atoms with van der Waals surface area (Å²) < 4.78 is 0. The Morgan fingerprint density at radius 2 is 0.943 bits per heavy atom. The molecule has 5 aromatic carbocycles. The first-order chi connectivity index (χ1) is 17.1. The van der Waals surface area contributed by atoms with Crippen LogP contribution in [0.15, 0.2) is 141 Å². The standard InChI is InChI=1S/C32H26BClS/c1-23-21-25(34)22-24(2)32(23)33-28-17-9-11-19-30(28)35(26-13-5-3-6-14-26,27-15-7-4-8-16-27)31-20-12-10-18-29(31)33/h3-22H,1-2H3. The van der Waals surface area contributed by atoms with Crippen molar-refractivity contribution in [2.45, 2.75) is 33.4 Å². The molecule has 0 bridgehead atoms.